The zero-order chi connectivity index (χ0) is 21.0. The standard InChI is InChI=1S/C22H18N2O4S/c1-29(27,28)21-8-3-2-7-20(21)19-10-9-18(25)12-16(19)13-22(26)24-17-6-4-5-15(11-17)14-23/h2-12,25H,13H2,1H3,(H,24,26). The summed E-state index contributed by atoms with van der Waals surface area (Å²) in [5.74, 6) is -0.386. The van der Waals surface area contributed by atoms with Crippen molar-refractivity contribution in [2.24, 2.45) is 0 Å². The van der Waals surface area contributed by atoms with Crippen LogP contribution in [0.4, 0.5) is 5.69 Å². The Morgan fingerprint density at radius 1 is 1.03 bits per heavy atom. The molecule has 0 saturated carbocycles. The fourth-order valence-corrected chi connectivity index (χ4v) is 3.95. The van der Waals surface area contributed by atoms with Crippen LogP contribution in [-0.2, 0) is 21.1 Å². The molecule has 0 spiro atoms. The number of phenolic OH excluding ortho intramolecular Hbond substituents is 1. The van der Waals surface area contributed by atoms with Gasteiger partial charge in [-0.05, 0) is 47.5 Å². The molecule has 2 N–H and O–H groups in total. The van der Waals surface area contributed by atoms with Gasteiger partial charge < -0.3 is 10.4 Å². The third-order valence-corrected chi connectivity index (χ3v) is 5.45. The largest absolute Gasteiger partial charge is 0.508 e. The van der Waals surface area contributed by atoms with Crippen LogP contribution >= 0.6 is 0 Å². The van der Waals surface area contributed by atoms with Crippen LogP contribution in [0.5, 0.6) is 5.75 Å². The monoisotopic (exact) mass is 406 g/mol. The Morgan fingerprint density at radius 3 is 2.52 bits per heavy atom. The number of sulfone groups is 1. The van der Waals surface area contributed by atoms with Gasteiger partial charge >= 0.3 is 0 Å². The van der Waals surface area contributed by atoms with E-state index >= 15 is 0 Å². The van der Waals surface area contributed by atoms with Crippen molar-refractivity contribution in [3.63, 3.8) is 0 Å². The highest BCUT2D eigenvalue weighted by molar-refractivity contribution is 7.90. The number of benzene rings is 3. The van der Waals surface area contributed by atoms with Gasteiger partial charge in [0.25, 0.3) is 0 Å². The van der Waals surface area contributed by atoms with Gasteiger partial charge in [0.2, 0.25) is 5.91 Å². The van der Waals surface area contributed by atoms with E-state index in [9.17, 15) is 18.3 Å². The Kier molecular flexibility index (Phi) is 5.66. The number of nitrogens with one attached hydrogen (secondary N) is 1. The van der Waals surface area contributed by atoms with Crippen LogP contribution in [0.15, 0.2) is 71.6 Å². The molecule has 0 bridgehead atoms. The molecule has 0 heterocycles. The van der Waals surface area contributed by atoms with Crippen molar-refractivity contribution in [2.45, 2.75) is 11.3 Å². The predicted molar refractivity (Wildman–Crippen MR) is 110 cm³/mol. The molecule has 6 nitrogen and oxygen atoms in total. The van der Waals surface area contributed by atoms with E-state index < -0.39 is 9.84 Å². The fraction of sp³-hybridized carbons (Fsp3) is 0.0909. The van der Waals surface area contributed by atoms with Gasteiger partial charge in [-0.3, -0.25) is 4.79 Å². The number of rotatable bonds is 5. The second-order valence-corrected chi connectivity index (χ2v) is 8.51. The van der Waals surface area contributed by atoms with E-state index in [1.54, 1.807) is 48.5 Å². The lowest BCUT2D eigenvalue weighted by Gasteiger charge is -2.14. The highest BCUT2D eigenvalue weighted by atomic mass is 32.2. The van der Waals surface area contributed by atoms with Crippen molar-refractivity contribution in [1.82, 2.24) is 0 Å². The number of carbonyl (C=O) groups excluding carboxylic acids is 1. The van der Waals surface area contributed by atoms with Gasteiger partial charge in [0.15, 0.2) is 9.84 Å². The summed E-state index contributed by atoms with van der Waals surface area (Å²) in [6, 6.07) is 19.5. The van der Waals surface area contributed by atoms with Gasteiger partial charge in [0.05, 0.1) is 22.9 Å². The Morgan fingerprint density at radius 2 is 1.79 bits per heavy atom. The Labute approximate surface area is 169 Å². The molecule has 0 aliphatic heterocycles. The number of hydrogen-bond donors (Lipinski definition) is 2. The smallest absolute Gasteiger partial charge is 0.228 e. The van der Waals surface area contributed by atoms with E-state index in [1.807, 2.05) is 6.07 Å². The molecular weight excluding hydrogens is 388 g/mol. The highest BCUT2D eigenvalue weighted by Gasteiger charge is 2.18. The first-order valence-corrected chi connectivity index (χ1v) is 10.6. The summed E-state index contributed by atoms with van der Waals surface area (Å²) < 4.78 is 24.3. The average molecular weight is 406 g/mol. The minimum absolute atomic E-state index is 0.0279. The topological polar surface area (TPSA) is 107 Å². The van der Waals surface area contributed by atoms with Gasteiger partial charge in [-0.15, -0.1) is 0 Å². The molecule has 0 aliphatic rings. The molecule has 3 aromatic rings. The Hall–Kier alpha value is -3.63. The van der Waals surface area contributed by atoms with Gasteiger partial charge in [0, 0.05) is 17.5 Å². The molecule has 29 heavy (non-hydrogen) atoms. The number of aromatic hydroxyl groups is 1. The molecule has 0 aliphatic carbocycles. The number of anilines is 1. The van der Waals surface area contributed by atoms with Gasteiger partial charge in [-0.1, -0.05) is 30.3 Å². The molecule has 7 heteroatoms. The number of nitrogens with zero attached hydrogens (tertiary/aromatic N) is 1. The number of phenols is 1. The minimum atomic E-state index is -3.49. The van der Waals surface area contributed by atoms with Crippen LogP contribution < -0.4 is 5.32 Å². The summed E-state index contributed by atoms with van der Waals surface area (Å²) in [4.78, 5) is 12.7. The predicted octanol–water partition coefficient (Wildman–Crippen LogP) is 3.52. The molecule has 0 fully saturated rings. The first-order chi connectivity index (χ1) is 13.8. The second-order valence-electron chi connectivity index (χ2n) is 6.53. The summed E-state index contributed by atoms with van der Waals surface area (Å²) in [7, 11) is -3.49. The van der Waals surface area contributed by atoms with Crippen molar-refractivity contribution < 1.29 is 18.3 Å². The molecule has 1 amide bonds. The van der Waals surface area contributed by atoms with Crippen molar-refractivity contribution in [3.05, 3.63) is 77.9 Å². The zero-order valence-corrected chi connectivity index (χ0v) is 16.4. The lowest BCUT2D eigenvalue weighted by Crippen LogP contribution is -2.15. The molecule has 0 saturated heterocycles. The third-order valence-electron chi connectivity index (χ3n) is 4.29. The van der Waals surface area contributed by atoms with E-state index in [-0.39, 0.29) is 23.0 Å². The van der Waals surface area contributed by atoms with Gasteiger partial charge in [0.1, 0.15) is 5.75 Å². The van der Waals surface area contributed by atoms with E-state index in [2.05, 4.69) is 5.32 Å². The van der Waals surface area contributed by atoms with Crippen LogP contribution in [0.2, 0.25) is 0 Å². The van der Waals surface area contributed by atoms with E-state index in [0.29, 0.717) is 27.9 Å². The lowest BCUT2D eigenvalue weighted by atomic mass is 9.97. The van der Waals surface area contributed by atoms with Crippen LogP contribution in [-0.4, -0.2) is 25.7 Å². The second kappa shape index (κ2) is 8.17. The molecule has 0 atom stereocenters. The molecule has 3 rings (SSSR count). The number of carbonyl (C=O) groups is 1. The van der Waals surface area contributed by atoms with Gasteiger partial charge in [-0.2, -0.15) is 5.26 Å². The molecular formula is C22H18N2O4S. The first-order valence-electron chi connectivity index (χ1n) is 8.69. The molecule has 0 unspecified atom stereocenters. The maximum absolute atomic E-state index is 12.6. The summed E-state index contributed by atoms with van der Waals surface area (Å²) in [6.45, 7) is 0. The summed E-state index contributed by atoms with van der Waals surface area (Å²) in [6.07, 6.45) is 1.04. The molecule has 0 aromatic heterocycles. The number of hydrogen-bond acceptors (Lipinski definition) is 5. The van der Waals surface area contributed by atoms with Crippen LogP contribution in [0.1, 0.15) is 11.1 Å². The zero-order valence-electron chi connectivity index (χ0n) is 15.6. The Balaban J connectivity index is 1.97. The average Bonchev–Trinajstić information content (AvgIpc) is 2.67. The quantitative estimate of drug-likeness (QED) is 0.674. The van der Waals surface area contributed by atoms with Crippen LogP contribution in [0.3, 0.4) is 0 Å². The highest BCUT2D eigenvalue weighted by Crippen LogP contribution is 2.32. The SMILES string of the molecule is CS(=O)(=O)c1ccccc1-c1ccc(O)cc1CC(=O)Nc1cccc(C#N)c1. The van der Waals surface area contributed by atoms with E-state index in [4.69, 9.17) is 5.26 Å². The van der Waals surface area contributed by atoms with Gasteiger partial charge in [-0.25, -0.2) is 8.42 Å². The summed E-state index contributed by atoms with van der Waals surface area (Å²) >= 11 is 0. The number of nitriles is 1. The first kappa shape index (κ1) is 20.1. The van der Waals surface area contributed by atoms with Crippen molar-refractivity contribution in [1.29, 1.82) is 5.26 Å². The van der Waals surface area contributed by atoms with E-state index in [1.165, 1.54) is 18.2 Å². The van der Waals surface area contributed by atoms with Crippen molar-refractivity contribution >= 4 is 21.4 Å². The molecule has 0 radical (unpaired) electrons. The summed E-state index contributed by atoms with van der Waals surface area (Å²) in [5.41, 5.74) is 2.39. The third kappa shape index (κ3) is 4.81. The molecule has 146 valence electrons. The van der Waals surface area contributed by atoms with E-state index in [0.717, 1.165) is 6.26 Å². The van der Waals surface area contributed by atoms with Crippen molar-refractivity contribution in [3.8, 4) is 22.9 Å². The lowest BCUT2D eigenvalue weighted by molar-refractivity contribution is -0.115. The summed E-state index contributed by atoms with van der Waals surface area (Å²) in [5, 5.41) is 21.6. The minimum Gasteiger partial charge on any atom is -0.508 e. The van der Waals surface area contributed by atoms with Crippen molar-refractivity contribution in [2.75, 3.05) is 11.6 Å². The Bertz CT molecular complexity index is 1230. The van der Waals surface area contributed by atoms with Crippen LogP contribution in [0.25, 0.3) is 11.1 Å². The maximum atomic E-state index is 12.6. The number of amides is 1. The maximum Gasteiger partial charge on any atom is 0.228 e. The fourth-order valence-electron chi connectivity index (χ4n) is 3.05. The molecule has 3 aromatic carbocycles. The van der Waals surface area contributed by atoms with Crippen LogP contribution in [0, 0.1) is 11.3 Å². The normalized spacial score (nSPS) is 10.9.